The molecule has 12 nitrogen and oxygen atoms in total. The summed E-state index contributed by atoms with van der Waals surface area (Å²) in [6.07, 6.45) is 1.81. The van der Waals surface area contributed by atoms with Gasteiger partial charge < -0.3 is 21.3 Å². The number of hydrogen-bond donors (Lipinski definition) is 3. The van der Waals surface area contributed by atoms with Crippen LogP contribution in [-0.2, 0) is 19.2 Å². The summed E-state index contributed by atoms with van der Waals surface area (Å²) in [5, 5.41) is 10.1. The molecule has 5 rings (SSSR count). The number of amides is 8. The number of hydrogen-bond acceptors (Lipinski definition) is 8. The van der Waals surface area contributed by atoms with Crippen LogP contribution in [0.3, 0.4) is 0 Å². The third kappa shape index (κ3) is 3.06. The number of rotatable bonds is 2. The van der Waals surface area contributed by atoms with Crippen LogP contribution in [0.2, 0.25) is 5.02 Å². The first kappa shape index (κ1) is 23.8. The molecule has 2 saturated heterocycles. The van der Waals surface area contributed by atoms with Crippen molar-refractivity contribution >= 4 is 47.3 Å². The molecule has 1 aromatic rings. The number of fused-ring (bicyclic) bond motifs is 4. The fourth-order valence-electron chi connectivity index (χ4n) is 6.33. The summed E-state index contributed by atoms with van der Waals surface area (Å²) in [4.78, 5) is 77.1. The number of phenols is 1. The van der Waals surface area contributed by atoms with Crippen LogP contribution >= 0.6 is 11.6 Å². The van der Waals surface area contributed by atoms with Crippen molar-refractivity contribution in [1.82, 2.24) is 9.80 Å². The number of primary amides is 2. The minimum Gasteiger partial charge on any atom is -0.503 e. The number of urea groups is 2. The second kappa shape index (κ2) is 8.05. The topological polar surface area (TPSA) is 190 Å². The molecule has 36 heavy (non-hydrogen) atoms. The molecule has 2 aliphatic carbocycles. The number of methoxy groups -OCH3 is 1. The first-order chi connectivity index (χ1) is 17.0. The summed E-state index contributed by atoms with van der Waals surface area (Å²) in [6, 6.07) is 0.466. The lowest BCUT2D eigenvalue weighted by Crippen LogP contribution is -2.44. The lowest BCUT2D eigenvalue weighted by atomic mass is 9.57. The number of halogens is 1. The Morgan fingerprint density at radius 1 is 0.944 bits per heavy atom. The van der Waals surface area contributed by atoms with Crippen molar-refractivity contribution < 1.29 is 38.6 Å². The molecule has 0 radical (unpaired) electrons. The van der Waals surface area contributed by atoms with E-state index < -0.39 is 71.2 Å². The van der Waals surface area contributed by atoms with Gasteiger partial charge in [-0.25, -0.2) is 9.59 Å². The average molecular weight is 517 g/mol. The number of phenolic OH excluding ortho intramolecular Hbond substituents is 1. The van der Waals surface area contributed by atoms with Gasteiger partial charge in [-0.3, -0.25) is 19.2 Å². The summed E-state index contributed by atoms with van der Waals surface area (Å²) >= 11 is 6.22. The van der Waals surface area contributed by atoms with Gasteiger partial charge in [0.15, 0.2) is 11.5 Å². The molecule has 2 heterocycles. The van der Waals surface area contributed by atoms with Crippen LogP contribution in [0, 0.1) is 29.6 Å². The number of nitrogens with two attached hydrogens (primary N) is 2. The Kier molecular flexibility index (Phi) is 5.32. The van der Waals surface area contributed by atoms with Crippen molar-refractivity contribution in [1.29, 1.82) is 0 Å². The van der Waals surface area contributed by atoms with Gasteiger partial charge in [0.1, 0.15) is 0 Å². The van der Waals surface area contributed by atoms with Gasteiger partial charge >= 0.3 is 12.1 Å². The third-order valence-electron chi connectivity index (χ3n) is 7.72. The maximum Gasteiger partial charge on any atom is 0.328 e. The maximum absolute atomic E-state index is 13.3. The largest absolute Gasteiger partial charge is 0.503 e. The van der Waals surface area contributed by atoms with E-state index in [0.717, 1.165) is 0 Å². The predicted molar refractivity (Wildman–Crippen MR) is 120 cm³/mol. The molecule has 0 unspecified atom stereocenters. The predicted octanol–water partition coefficient (Wildman–Crippen LogP) is 0.848. The molecule has 8 amide bonds. The van der Waals surface area contributed by atoms with Crippen molar-refractivity contribution in [2.75, 3.05) is 7.11 Å². The van der Waals surface area contributed by atoms with Crippen LogP contribution in [0.4, 0.5) is 9.59 Å². The molecule has 3 fully saturated rings. The van der Waals surface area contributed by atoms with Crippen molar-refractivity contribution in [3.05, 3.63) is 34.4 Å². The maximum atomic E-state index is 13.3. The van der Waals surface area contributed by atoms with E-state index in [-0.39, 0.29) is 29.4 Å². The molecule has 13 heteroatoms. The van der Waals surface area contributed by atoms with Crippen LogP contribution in [0.5, 0.6) is 11.5 Å². The first-order valence-electron chi connectivity index (χ1n) is 11.1. The van der Waals surface area contributed by atoms with Crippen LogP contribution in [0.1, 0.15) is 24.3 Å². The highest BCUT2D eigenvalue weighted by Crippen LogP contribution is 2.58. The first-order valence-corrected chi connectivity index (χ1v) is 11.5. The zero-order valence-corrected chi connectivity index (χ0v) is 19.6. The number of imide groups is 6. The number of carbonyl (C=O) groups is 6. The number of carbonyl (C=O) groups excluding carboxylic acids is 6. The number of allylic oxidation sites excluding steroid dienone is 2. The standard InChI is InChI=1S/C23H21ClN4O8/c1-36-13-5-7(4-12(24)17(13)29)14-8-2-3-9-15(20(32)27(18(9)30)22(25)34)10(8)6-11-16(14)21(33)28(19(11)31)23(26)35/h2,4-5,9-11,14-16,29H,3,6H2,1H3,(H2,25,34)(H2,26,35)/t9-,10+,11+,14-,15-,16+/m0/s1. The van der Waals surface area contributed by atoms with Crippen LogP contribution < -0.4 is 16.2 Å². The molecule has 5 N–H and O–H groups in total. The van der Waals surface area contributed by atoms with Crippen LogP contribution in [0.15, 0.2) is 23.8 Å². The molecule has 4 aliphatic rings. The highest BCUT2D eigenvalue weighted by Gasteiger charge is 2.63. The van der Waals surface area contributed by atoms with Crippen LogP contribution in [0.25, 0.3) is 0 Å². The summed E-state index contributed by atoms with van der Waals surface area (Å²) in [5.74, 6) is -8.86. The average Bonchev–Trinajstić information content (AvgIpc) is 3.23. The Hall–Kier alpha value is -3.93. The minimum atomic E-state index is -1.22. The Labute approximate surface area is 208 Å². The van der Waals surface area contributed by atoms with Gasteiger partial charge in [0, 0.05) is 5.92 Å². The molecule has 188 valence electrons. The molecule has 6 atom stereocenters. The van der Waals surface area contributed by atoms with Crippen molar-refractivity contribution in [3.63, 3.8) is 0 Å². The van der Waals surface area contributed by atoms with E-state index in [1.54, 1.807) is 6.08 Å². The molecule has 2 aliphatic heterocycles. The number of ether oxygens (including phenoxy) is 1. The second-order valence-corrected chi connectivity index (χ2v) is 9.69. The Bertz CT molecular complexity index is 1310. The van der Waals surface area contributed by atoms with Crippen molar-refractivity contribution in [3.8, 4) is 11.5 Å². The lowest BCUT2D eigenvalue weighted by molar-refractivity contribution is -0.138. The van der Waals surface area contributed by atoms with Crippen molar-refractivity contribution in [2.45, 2.75) is 18.8 Å². The van der Waals surface area contributed by atoms with E-state index in [9.17, 15) is 33.9 Å². The van der Waals surface area contributed by atoms with Gasteiger partial charge in [0.05, 0.1) is 35.8 Å². The number of benzene rings is 1. The van der Waals surface area contributed by atoms with E-state index in [1.165, 1.54) is 19.2 Å². The van der Waals surface area contributed by atoms with E-state index in [2.05, 4.69) is 0 Å². The number of nitrogens with zero attached hydrogens (tertiary/aromatic N) is 2. The molecule has 1 aromatic carbocycles. The number of aromatic hydroxyl groups is 1. The van der Waals surface area contributed by atoms with E-state index >= 15 is 0 Å². The van der Waals surface area contributed by atoms with Gasteiger partial charge in [-0.2, -0.15) is 9.80 Å². The summed E-state index contributed by atoms with van der Waals surface area (Å²) in [7, 11) is 1.31. The van der Waals surface area contributed by atoms with Gasteiger partial charge in [-0.15, -0.1) is 0 Å². The van der Waals surface area contributed by atoms with Gasteiger partial charge in [-0.1, -0.05) is 23.3 Å². The third-order valence-corrected chi connectivity index (χ3v) is 8.01. The SMILES string of the molecule is COc1cc([C@H]2C3=CC[C@@H]4C(=O)N(C(N)=O)C(=O)[C@@H]4[C@@H]3C[C@H]3C(=O)N(C(N)=O)C(=O)[C@@H]23)cc(Cl)c1O. The minimum absolute atomic E-state index is 0.0148. The smallest absolute Gasteiger partial charge is 0.328 e. The monoisotopic (exact) mass is 516 g/mol. The Morgan fingerprint density at radius 3 is 2.11 bits per heavy atom. The quantitative estimate of drug-likeness (QED) is 0.380. The highest BCUT2D eigenvalue weighted by atomic mass is 35.5. The Balaban J connectivity index is 1.69. The van der Waals surface area contributed by atoms with Crippen LogP contribution in [-0.4, -0.2) is 57.7 Å². The summed E-state index contributed by atoms with van der Waals surface area (Å²) < 4.78 is 5.21. The summed E-state index contributed by atoms with van der Waals surface area (Å²) in [5.41, 5.74) is 11.6. The van der Waals surface area contributed by atoms with Gasteiger partial charge in [0.2, 0.25) is 23.6 Å². The van der Waals surface area contributed by atoms with E-state index in [4.69, 9.17) is 27.8 Å². The molecule has 0 spiro atoms. The normalized spacial score (nSPS) is 31.1. The fourth-order valence-corrected chi connectivity index (χ4v) is 6.55. The van der Waals surface area contributed by atoms with E-state index in [0.29, 0.717) is 20.9 Å². The van der Waals surface area contributed by atoms with Crippen molar-refractivity contribution in [2.24, 2.45) is 41.1 Å². The lowest BCUT2D eigenvalue weighted by Gasteiger charge is -2.44. The van der Waals surface area contributed by atoms with Gasteiger partial charge in [0.25, 0.3) is 0 Å². The zero-order valence-electron chi connectivity index (χ0n) is 18.8. The number of likely N-dealkylation sites (tertiary alicyclic amines) is 2. The summed E-state index contributed by atoms with van der Waals surface area (Å²) in [6.45, 7) is 0. The molecular formula is C23H21ClN4O8. The Morgan fingerprint density at radius 2 is 1.53 bits per heavy atom. The molecular weight excluding hydrogens is 496 g/mol. The fraction of sp³-hybridized carbons (Fsp3) is 0.391. The second-order valence-electron chi connectivity index (χ2n) is 9.28. The highest BCUT2D eigenvalue weighted by molar-refractivity contribution is 6.32. The van der Waals surface area contributed by atoms with Gasteiger partial charge in [-0.05, 0) is 36.5 Å². The molecule has 0 bridgehead atoms. The van der Waals surface area contributed by atoms with E-state index in [1.807, 2.05) is 0 Å². The zero-order chi connectivity index (χ0) is 26.2. The molecule has 0 aromatic heterocycles. The molecule has 1 saturated carbocycles.